The van der Waals surface area contributed by atoms with Crippen LogP contribution in [-0.2, 0) is 9.53 Å². The molecule has 0 aromatic heterocycles. The van der Waals surface area contributed by atoms with E-state index in [-0.39, 0.29) is 18.6 Å². The zero-order valence-electron chi connectivity index (χ0n) is 12.2. The zero-order chi connectivity index (χ0) is 15.1. The second-order valence-electron chi connectivity index (χ2n) is 4.95. The van der Waals surface area contributed by atoms with E-state index in [0.29, 0.717) is 37.6 Å². The molecule has 0 aliphatic carbocycles. The summed E-state index contributed by atoms with van der Waals surface area (Å²) in [4.78, 5) is 14.1. The Balaban J connectivity index is 1.84. The number of amides is 1. The Morgan fingerprint density at radius 1 is 1.52 bits per heavy atom. The topological polar surface area (TPSA) is 71.0 Å². The van der Waals surface area contributed by atoms with Crippen LogP contribution in [0.1, 0.15) is 6.42 Å². The SMILES string of the molecule is COc1ccccc1NC(=O)CCN1CCOCC1CO. The summed E-state index contributed by atoms with van der Waals surface area (Å²) in [5.41, 5.74) is 0.672. The van der Waals surface area contributed by atoms with Crippen molar-refractivity contribution >= 4 is 11.6 Å². The van der Waals surface area contributed by atoms with Crippen LogP contribution in [0.15, 0.2) is 24.3 Å². The normalized spacial score (nSPS) is 19.2. The number of benzene rings is 1. The first-order valence-corrected chi connectivity index (χ1v) is 7.10. The molecule has 0 saturated carbocycles. The lowest BCUT2D eigenvalue weighted by molar-refractivity contribution is -0.117. The van der Waals surface area contributed by atoms with Gasteiger partial charge in [0.1, 0.15) is 5.75 Å². The fourth-order valence-corrected chi connectivity index (χ4v) is 2.36. The van der Waals surface area contributed by atoms with E-state index < -0.39 is 0 Å². The Labute approximate surface area is 124 Å². The number of aliphatic hydroxyl groups is 1. The van der Waals surface area contributed by atoms with E-state index in [0.717, 1.165) is 6.54 Å². The van der Waals surface area contributed by atoms with Gasteiger partial charge in [-0.25, -0.2) is 0 Å². The molecule has 0 radical (unpaired) electrons. The molecule has 1 atom stereocenters. The molecule has 6 heteroatoms. The zero-order valence-corrected chi connectivity index (χ0v) is 12.2. The number of anilines is 1. The average molecular weight is 294 g/mol. The molecule has 6 nitrogen and oxygen atoms in total. The fourth-order valence-electron chi connectivity index (χ4n) is 2.36. The number of methoxy groups -OCH3 is 1. The van der Waals surface area contributed by atoms with Crippen LogP contribution in [0.25, 0.3) is 0 Å². The third-order valence-electron chi connectivity index (χ3n) is 3.57. The summed E-state index contributed by atoms with van der Waals surface area (Å²) in [5, 5.41) is 12.1. The van der Waals surface area contributed by atoms with Gasteiger partial charge in [-0.1, -0.05) is 12.1 Å². The molecule has 1 unspecified atom stereocenters. The molecule has 2 rings (SSSR count). The van der Waals surface area contributed by atoms with Crippen molar-refractivity contribution in [3.05, 3.63) is 24.3 Å². The van der Waals surface area contributed by atoms with Gasteiger partial charge in [-0.3, -0.25) is 9.69 Å². The van der Waals surface area contributed by atoms with Gasteiger partial charge < -0.3 is 19.9 Å². The highest BCUT2D eigenvalue weighted by molar-refractivity contribution is 5.92. The summed E-state index contributed by atoms with van der Waals surface area (Å²) < 4.78 is 10.5. The predicted molar refractivity (Wildman–Crippen MR) is 79.5 cm³/mol. The number of ether oxygens (including phenoxy) is 2. The Hall–Kier alpha value is -1.63. The highest BCUT2D eigenvalue weighted by Crippen LogP contribution is 2.23. The second-order valence-corrected chi connectivity index (χ2v) is 4.95. The predicted octanol–water partition coefficient (Wildman–Crippen LogP) is 0.717. The minimum Gasteiger partial charge on any atom is -0.495 e. The molecule has 1 aliphatic heterocycles. The Bertz CT molecular complexity index is 467. The number of carbonyl (C=O) groups is 1. The summed E-state index contributed by atoms with van der Waals surface area (Å²) in [6.45, 7) is 2.56. The van der Waals surface area contributed by atoms with Crippen LogP contribution < -0.4 is 10.1 Å². The van der Waals surface area contributed by atoms with Crippen LogP contribution >= 0.6 is 0 Å². The standard InChI is InChI=1S/C15H22N2O4/c1-20-14-5-3-2-4-13(14)16-15(19)6-7-17-8-9-21-11-12(17)10-18/h2-5,12,18H,6-11H2,1H3,(H,16,19). The maximum absolute atomic E-state index is 12.0. The Morgan fingerprint density at radius 3 is 3.10 bits per heavy atom. The number of hydrogen-bond donors (Lipinski definition) is 2. The van der Waals surface area contributed by atoms with E-state index in [9.17, 15) is 9.90 Å². The molecule has 1 amide bonds. The highest BCUT2D eigenvalue weighted by atomic mass is 16.5. The second kappa shape index (κ2) is 7.97. The highest BCUT2D eigenvalue weighted by Gasteiger charge is 2.22. The van der Waals surface area contributed by atoms with Gasteiger partial charge in [-0.05, 0) is 12.1 Å². The molecule has 1 aromatic rings. The molecule has 0 bridgehead atoms. The van der Waals surface area contributed by atoms with E-state index in [1.807, 2.05) is 18.2 Å². The van der Waals surface area contributed by atoms with Gasteiger partial charge in [0.05, 0.1) is 38.7 Å². The number of morpholine rings is 1. The summed E-state index contributed by atoms with van der Waals surface area (Å²) in [5.74, 6) is 0.577. The van der Waals surface area contributed by atoms with Crippen molar-refractivity contribution in [3.8, 4) is 5.75 Å². The molecule has 1 fully saturated rings. The Kier molecular flexibility index (Phi) is 5.98. The minimum absolute atomic E-state index is 0.0159. The first-order chi connectivity index (χ1) is 10.2. The van der Waals surface area contributed by atoms with Crippen LogP contribution in [0, 0.1) is 0 Å². The number of para-hydroxylation sites is 2. The van der Waals surface area contributed by atoms with Crippen molar-refractivity contribution in [2.24, 2.45) is 0 Å². The molecular formula is C15H22N2O4. The van der Waals surface area contributed by atoms with Crippen molar-refractivity contribution < 1.29 is 19.4 Å². The first-order valence-electron chi connectivity index (χ1n) is 7.10. The summed E-state index contributed by atoms with van der Waals surface area (Å²) in [7, 11) is 1.57. The van der Waals surface area contributed by atoms with Gasteiger partial charge in [0.15, 0.2) is 0 Å². The van der Waals surface area contributed by atoms with E-state index in [1.54, 1.807) is 13.2 Å². The van der Waals surface area contributed by atoms with Crippen LogP contribution in [-0.4, -0.2) is 62.0 Å². The molecule has 0 spiro atoms. The Morgan fingerprint density at radius 2 is 2.33 bits per heavy atom. The summed E-state index contributed by atoms with van der Waals surface area (Å²) in [6, 6.07) is 7.30. The number of nitrogens with one attached hydrogen (secondary N) is 1. The smallest absolute Gasteiger partial charge is 0.225 e. The number of rotatable bonds is 6. The molecule has 116 valence electrons. The van der Waals surface area contributed by atoms with E-state index in [1.165, 1.54) is 0 Å². The minimum atomic E-state index is -0.0670. The molecular weight excluding hydrogens is 272 g/mol. The lowest BCUT2D eigenvalue weighted by Crippen LogP contribution is -2.48. The van der Waals surface area contributed by atoms with Crippen molar-refractivity contribution in [2.75, 3.05) is 45.3 Å². The van der Waals surface area contributed by atoms with Crippen LogP contribution in [0.4, 0.5) is 5.69 Å². The number of aliphatic hydroxyl groups excluding tert-OH is 1. The van der Waals surface area contributed by atoms with E-state index in [2.05, 4.69) is 10.2 Å². The average Bonchev–Trinajstić information content (AvgIpc) is 2.53. The molecule has 2 N–H and O–H groups in total. The molecule has 1 aromatic carbocycles. The van der Waals surface area contributed by atoms with Gasteiger partial charge in [0, 0.05) is 19.5 Å². The van der Waals surface area contributed by atoms with Gasteiger partial charge in [-0.2, -0.15) is 0 Å². The van der Waals surface area contributed by atoms with Gasteiger partial charge >= 0.3 is 0 Å². The first kappa shape index (κ1) is 15.8. The van der Waals surface area contributed by atoms with Gasteiger partial charge in [0.25, 0.3) is 0 Å². The molecule has 21 heavy (non-hydrogen) atoms. The number of nitrogens with zero attached hydrogens (tertiary/aromatic N) is 1. The van der Waals surface area contributed by atoms with Crippen LogP contribution in [0.3, 0.4) is 0 Å². The van der Waals surface area contributed by atoms with Crippen molar-refractivity contribution in [1.29, 1.82) is 0 Å². The van der Waals surface area contributed by atoms with E-state index in [4.69, 9.17) is 9.47 Å². The van der Waals surface area contributed by atoms with Gasteiger partial charge in [0.2, 0.25) is 5.91 Å². The quantitative estimate of drug-likeness (QED) is 0.809. The maximum Gasteiger partial charge on any atom is 0.225 e. The molecule has 1 aliphatic rings. The van der Waals surface area contributed by atoms with Crippen molar-refractivity contribution in [3.63, 3.8) is 0 Å². The monoisotopic (exact) mass is 294 g/mol. The number of hydrogen-bond acceptors (Lipinski definition) is 5. The largest absolute Gasteiger partial charge is 0.495 e. The molecule has 1 heterocycles. The fraction of sp³-hybridized carbons (Fsp3) is 0.533. The lowest BCUT2D eigenvalue weighted by Gasteiger charge is -2.34. The van der Waals surface area contributed by atoms with E-state index >= 15 is 0 Å². The summed E-state index contributed by atoms with van der Waals surface area (Å²) >= 11 is 0. The third kappa shape index (κ3) is 4.42. The number of carbonyl (C=O) groups excluding carboxylic acids is 1. The van der Waals surface area contributed by atoms with Crippen LogP contribution in [0.2, 0.25) is 0 Å². The van der Waals surface area contributed by atoms with Gasteiger partial charge in [-0.15, -0.1) is 0 Å². The van der Waals surface area contributed by atoms with Crippen molar-refractivity contribution in [1.82, 2.24) is 4.90 Å². The lowest BCUT2D eigenvalue weighted by atomic mass is 10.2. The van der Waals surface area contributed by atoms with Crippen LogP contribution in [0.5, 0.6) is 5.75 Å². The summed E-state index contributed by atoms with van der Waals surface area (Å²) in [6.07, 6.45) is 0.370. The molecule has 1 saturated heterocycles. The third-order valence-corrected chi connectivity index (χ3v) is 3.57. The van der Waals surface area contributed by atoms with Crippen molar-refractivity contribution in [2.45, 2.75) is 12.5 Å². The maximum atomic E-state index is 12.0.